The Morgan fingerprint density at radius 3 is 2.69 bits per heavy atom. The van der Waals surface area contributed by atoms with Gasteiger partial charge in [0.25, 0.3) is 0 Å². The molecule has 0 unspecified atom stereocenters. The lowest BCUT2D eigenvalue weighted by Crippen LogP contribution is -2.10. The van der Waals surface area contributed by atoms with Crippen LogP contribution < -0.4 is 0 Å². The monoisotopic (exact) mass is 179 g/mol. The number of hydrogen-bond donors (Lipinski definition) is 0. The minimum absolute atomic E-state index is 0.686. The molecule has 0 atom stereocenters. The van der Waals surface area contributed by atoms with E-state index in [-0.39, 0.29) is 0 Å². The van der Waals surface area contributed by atoms with Crippen molar-refractivity contribution in [3.8, 4) is 0 Å². The van der Waals surface area contributed by atoms with Crippen molar-refractivity contribution in [3.63, 3.8) is 0 Å². The molecule has 1 aromatic heterocycles. The topological polar surface area (TPSA) is 22.0 Å². The van der Waals surface area contributed by atoms with E-state index in [4.69, 9.17) is 0 Å². The molecule has 0 fully saturated rings. The standard InChI is InChI=1S/C11H17NO/c1-3-10(4-2)8-12-7-5-6-11(12)9-13/h5-7,9-10H,3-4,8H2,1-2H3. The van der Waals surface area contributed by atoms with Crippen LogP contribution in [0.15, 0.2) is 18.3 Å². The van der Waals surface area contributed by atoms with Gasteiger partial charge in [0, 0.05) is 12.7 Å². The van der Waals surface area contributed by atoms with E-state index in [2.05, 4.69) is 13.8 Å². The van der Waals surface area contributed by atoms with Crippen LogP contribution in [-0.2, 0) is 6.54 Å². The second-order valence-corrected chi connectivity index (χ2v) is 3.39. The van der Waals surface area contributed by atoms with Gasteiger partial charge in [-0.05, 0) is 18.1 Å². The fourth-order valence-corrected chi connectivity index (χ4v) is 1.53. The Kier molecular flexibility index (Phi) is 3.74. The number of rotatable bonds is 5. The molecule has 0 aromatic carbocycles. The zero-order chi connectivity index (χ0) is 9.68. The Bertz CT molecular complexity index is 261. The van der Waals surface area contributed by atoms with Crippen LogP contribution in [0.5, 0.6) is 0 Å². The zero-order valence-electron chi connectivity index (χ0n) is 8.36. The lowest BCUT2D eigenvalue weighted by molar-refractivity contribution is 0.111. The van der Waals surface area contributed by atoms with Crippen molar-refractivity contribution in [2.75, 3.05) is 0 Å². The maximum atomic E-state index is 10.6. The lowest BCUT2D eigenvalue weighted by Gasteiger charge is -2.14. The molecule has 0 saturated heterocycles. The second kappa shape index (κ2) is 4.85. The molecule has 0 bridgehead atoms. The predicted molar refractivity (Wildman–Crippen MR) is 53.9 cm³/mol. The van der Waals surface area contributed by atoms with E-state index in [1.54, 1.807) is 0 Å². The molecular formula is C11H17NO. The van der Waals surface area contributed by atoms with Gasteiger partial charge in [0.1, 0.15) is 0 Å². The molecule has 0 aliphatic rings. The average molecular weight is 179 g/mol. The summed E-state index contributed by atoms with van der Waals surface area (Å²) in [5.74, 6) is 0.686. The molecule has 1 aromatic rings. The highest BCUT2D eigenvalue weighted by Crippen LogP contribution is 2.12. The van der Waals surface area contributed by atoms with E-state index in [1.807, 2.05) is 22.9 Å². The van der Waals surface area contributed by atoms with Crippen molar-refractivity contribution >= 4 is 6.29 Å². The number of carbonyl (C=O) groups is 1. The average Bonchev–Trinajstić information content (AvgIpc) is 2.61. The summed E-state index contributed by atoms with van der Waals surface area (Å²) in [6, 6.07) is 3.78. The second-order valence-electron chi connectivity index (χ2n) is 3.39. The van der Waals surface area contributed by atoms with Crippen LogP contribution in [0.4, 0.5) is 0 Å². The number of aldehydes is 1. The molecule has 1 rings (SSSR count). The van der Waals surface area contributed by atoms with Crippen molar-refractivity contribution in [2.45, 2.75) is 33.2 Å². The minimum atomic E-state index is 0.686. The summed E-state index contributed by atoms with van der Waals surface area (Å²) in [5.41, 5.74) is 0.784. The van der Waals surface area contributed by atoms with E-state index in [0.29, 0.717) is 5.92 Å². The van der Waals surface area contributed by atoms with E-state index < -0.39 is 0 Å². The van der Waals surface area contributed by atoms with E-state index in [1.165, 1.54) is 12.8 Å². The Morgan fingerprint density at radius 2 is 2.15 bits per heavy atom. The van der Waals surface area contributed by atoms with Gasteiger partial charge in [0.2, 0.25) is 0 Å². The number of nitrogens with zero attached hydrogens (tertiary/aromatic N) is 1. The number of aromatic nitrogens is 1. The van der Waals surface area contributed by atoms with Gasteiger partial charge in [-0.1, -0.05) is 26.7 Å². The lowest BCUT2D eigenvalue weighted by atomic mass is 10.0. The van der Waals surface area contributed by atoms with Crippen molar-refractivity contribution in [1.82, 2.24) is 4.57 Å². The Labute approximate surface area is 79.6 Å². The molecule has 2 nitrogen and oxygen atoms in total. The smallest absolute Gasteiger partial charge is 0.166 e. The Balaban J connectivity index is 2.66. The molecule has 0 amide bonds. The maximum absolute atomic E-state index is 10.6. The molecule has 13 heavy (non-hydrogen) atoms. The Morgan fingerprint density at radius 1 is 1.46 bits per heavy atom. The van der Waals surface area contributed by atoms with Gasteiger partial charge < -0.3 is 4.57 Å². The molecule has 1 heterocycles. The fraction of sp³-hybridized carbons (Fsp3) is 0.545. The zero-order valence-corrected chi connectivity index (χ0v) is 8.36. The summed E-state index contributed by atoms with van der Waals surface area (Å²) in [5, 5.41) is 0. The summed E-state index contributed by atoms with van der Waals surface area (Å²) >= 11 is 0. The Hall–Kier alpha value is -1.05. The van der Waals surface area contributed by atoms with Gasteiger partial charge in [0.15, 0.2) is 6.29 Å². The van der Waals surface area contributed by atoms with Crippen LogP contribution >= 0.6 is 0 Å². The van der Waals surface area contributed by atoms with Gasteiger partial charge in [-0.25, -0.2) is 0 Å². The van der Waals surface area contributed by atoms with Gasteiger partial charge in [-0.3, -0.25) is 4.79 Å². The quantitative estimate of drug-likeness (QED) is 0.637. The summed E-state index contributed by atoms with van der Waals surface area (Å²) in [4.78, 5) is 10.6. The first-order valence-electron chi connectivity index (χ1n) is 4.92. The first-order valence-corrected chi connectivity index (χ1v) is 4.92. The normalized spacial score (nSPS) is 10.7. The van der Waals surface area contributed by atoms with Crippen molar-refractivity contribution in [1.29, 1.82) is 0 Å². The van der Waals surface area contributed by atoms with E-state index in [9.17, 15) is 4.79 Å². The SMILES string of the molecule is CCC(CC)Cn1cccc1C=O. The van der Waals surface area contributed by atoms with Crippen LogP contribution in [0.1, 0.15) is 37.2 Å². The third-order valence-corrected chi connectivity index (χ3v) is 2.59. The first kappa shape index (κ1) is 10.0. The highest BCUT2D eigenvalue weighted by Gasteiger charge is 2.06. The summed E-state index contributed by atoms with van der Waals surface area (Å²) < 4.78 is 2.03. The van der Waals surface area contributed by atoms with Crippen LogP contribution in [0.25, 0.3) is 0 Å². The molecular weight excluding hydrogens is 162 g/mol. The minimum Gasteiger partial charge on any atom is -0.345 e. The van der Waals surface area contributed by atoms with Crippen LogP contribution in [-0.4, -0.2) is 10.9 Å². The molecule has 0 aliphatic carbocycles. The summed E-state index contributed by atoms with van der Waals surface area (Å²) in [7, 11) is 0. The molecule has 0 radical (unpaired) electrons. The molecule has 2 heteroatoms. The fourth-order valence-electron chi connectivity index (χ4n) is 1.53. The van der Waals surface area contributed by atoms with E-state index in [0.717, 1.165) is 18.5 Å². The largest absolute Gasteiger partial charge is 0.345 e. The predicted octanol–water partition coefficient (Wildman–Crippen LogP) is 2.74. The van der Waals surface area contributed by atoms with Gasteiger partial charge in [-0.2, -0.15) is 0 Å². The molecule has 0 spiro atoms. The molecule has 0 aliphatic heterocycles. The van der Waals surface area contributed by atoms with Crippen LogP contribution in [0.2, 0.25) is 0 Å². The molecule has 0 N–H and O–H groups in total. The van der Waals surface area contributed by atoms with Gasteiger partial charge >= 0.3 is 0 Å². The highest BCUT2D eigenvalue weighted by atomic mass is 16.1. The highest BCUT2D eigenvalue weighted by molar-refractivity contribution is 5.72. The summed E-state index contributed by atoms with van der Waals surface area (Å²) in [6.45, 7) is 5.35. The third-order valence-electron chi connectivity index (χ3n) is 2.59. The van der Waals surface area contributed by atoms with Crippen molar-refractivity contribution < 1.29 is 4.79 Å². The van der Waals surface area contributed by atoms with Gasteiger partial charge in [-0.15, -0.1) is 0 Å². The maximum Gasteiger partial charge on any atom is 0.166 e. The third kappa shape index (κ3) is 2.44. The molecule has 72 valence electrons. The molecule has 0 saturated carbocycles. The van der Waals surface area contributed by atoms with Gasteiger partial charge in [0.05, 0.1) is 5.69 Å². The van der Waals surface area contributed by atoms with E-state index >= 15 is 0 Å². The van der Waals surface area contributed by atoms with Crippen molar-refractivity contribution in [3.05, 3.63) is 24.0 Å². The van der Waals surface area contributed by atoms with Crippen LogP contribution in [0, 0.1) is 5.92 Å². The van der Waals surface area contributed by atoms with Crippen molar-refractivity contribution in [2.24, 2.45) is 5.92 Å². The number of hydrogen-bond acceptors (Lipinski definition) is 1. The number of carbonyl (C=O) groups excluding carboxylic acids is 1. The first-order chi connectivity index (χ1) is 6.31. The van der Waals surface area contributed by atoms with Crippen LogP contribution in [0.3, 0.4) is 0 Å². The summed E-state index contributed by atoms with van der Waals surface area (Å²) in [6.07, 6.45) is 5.24.